The van der Waals surface area contributed by atoms with Gasteiger partial charge in [-0.15, -0.1) is 0 Å². The molecule has 118 valence electrons. The van der Waals surface area contributed by atoms with Gasteiger partial charge in [-0.3, -0.25) is 4.79 Å². The summed E-state index contributed by atoms with van der Waals surface area (Å²) in [6, 6.07) is 9.05. The second-order valence-electron chi connectivity index (χ2n) is 5.57. The normalized spacial score (nSPS) is 11.0. The lowest BCUT2D eigenvalue weighted by molar-refractivity contribution is -0.115. The number of halogens is 2. The van der Waals surface area contributed by atoms with Crippen LogP contribution in [0.15, 0.2) is 41.0 Å². The highest BCUT2D eigenvalue weighted by Crippen LogP contribution is 2.28. The summed E-state index contributed by atoms with van der Waals surface area (Å²) >= 11 is 11.8. The van der Waals surface area contributed by atoms with Crippen LogP contribution in [-0.2, 0) is 11.2 Å². The van der Waals surface area contributed by atoms with E-state index in [0.717, 1.165) is 27.7 Å². The standard InChI is InChI=1S/C18H15Cl2NO2/c1-10-5-11(2)18-12(9-23-16(18)6-10)7-17(22)21-13-3-4-14(19)15(20)8-13/h3-6,8-9H,7H2,1-2H3,(H,21,22). The molecule has 0 bridgehead atoms. The average Bonchev–Trinajstić information content (AvgIpc) is 2.85. The monoisotopic (exact) mass is 347 g/mol. The summed E-state index contributed by atoms with van der Waals surface area (Å²) in [6.07, 6.45) is 1.88. The van der Waals surface area contributed by atoms with Crippen LogP contribution in [0.3, 0.4) is 0 Å². The second-order valence-corrected chi connectivity index (χ2v) is 6.38. The number of nitrogens with one attached hydrogen (secondary N) is 1. The van der Waals surface area contributed by atoms with Crippen molar-refractivity contribution in [1.82, 2.24) is 0 Å². The fourth-order valence-electron chi connectivity index (χ4n) is 2.71. The molecular weight excluding hydrogens is 333 g/mol. The first-order chi connectivity index (χ1) is 10.9. The molecule has 0 fully saturated rings. The Morgan fingerprint density at radius 3 is 2.65 bits per heavy atom. The van der Waals surface area contributed by atoms with Gasteiger partial charge in [-0.25, -0.2) is 0 Å². The fourth-order valence-corrected chi connectivity index (χ4v) is 3.01. The van der Waals surface area contributed by atoms with Crippen molar-refractivity contribution in [3.8, 4) is 0 Å². The lowest BCUT2D eigenvalue weighted by Crippen LogP contribution is -2.14. The quantitative estimate of drug-likeness (QED) is 0.675. The van der Waals surface area contributed by atoms with E-state index in [1.807, 2.05) is 19.9 Å². The minimum Gasteiger partial charge on any atom is -0.464 e. The number of benzene rings is 2. The lowest BCUT2D eigenvalue weighted by atomic mass is 10.0. The third kappa shape index (κ3) is 3.36. The molecule has 1 N–H and O–H groups in total. The summed E-state index contributed by atoms with van der Waals surface area (Å²) < 4.78 is 5.58. The number of fused-ring (bicyclic) bond motifs is 1. The van der Waals surface area contributed by atoms with Crippen LogP contribution in [0.5, 0.6) is 0 Å². The highest BCUT2D eigenvalue weighted by molar-refractivity contribution is 6.42. The van der Waals surface area contributed by atoms with E-state index in [9.17, 15) is 4.79 Å². The highest BCUT2D eigenvalue weighted by atomic mass is 35.5. The van der Waals surface area contributed by atoms with Gasteiger partial charge in [-0.2, -0.15) is 0 Å². The van der Waals surface area contributed by atoms with Crippen molar-refractivity contribution in [2.75, 3.05) is 5.32 Å². The van der Waals surface area contributed by atoms with Gasteiger partial charge in [-0.05, 0) is 49.2 Å². The maximum absolute atomic E-state index is 12.3. The number of amides is 1. The van der Waals surface area contributed by atoms with Crippen LogP contribution in [0.1, 0.15) is 16.7 Å². The molecule has 1 heterocycles. The van der Waals surface area contributed by atoms with E-state index < -0.39 is 0 Å². The Balaban J connectivity index is 1.81. The number of carbonyl (C=O) groups excluding carboxylic acids is 1. The number of anilines is 1. The van der Waals surface area contributed by atoms with Gasteiger partial charge in [0.2, 0.25) is 5.91 Å². The van der Waals surface area contributed by atoms with Gasteiger partial charge in [0.15, 0.2) is 0 Å². The van der Waals surface area contributed by atoms with Crippen LogP contribution >= 0.6 is 23.2 Å². The van der Waals surface area contributed by atoms with E-state index in [-0.39, 0.29) is 12.3 Å². The Morgan fingerprint density at radius 2 is 1.91 bits per heavy atom. The van der Waals surface area contributed by atoms with Crippen molar-refractivity contribution in [2.45, 2.75) is 20.3 Å². The van der Waals surface area contributed by atoms with Crippen molar-refractivity contribution in [3.05, 3.63) is 63.3 Å². The zero-order valence-corrected chi connectivity index (χ0v) is 14.3. The maximum atomic E-state index is 12.3. The number of aryl methyl sites for hydroxylation is 2. The first-order valence-corrected chi connectivity index (χ1v) is 7.92. The van der Waals surface area contributed by atoms with Gasteiger partial charge >= 0.3 is 0 Å². The predicted molar refractivity (Wildman–Crippen MR) is 94.5 cm³/mol. The number of rotatable bonds is 3. The molecule has 0 aliphatic carbocycles. The fraction of sp³-hybridized carbons (Fsp3) is 0.167. The van der Waals surface area contributed by atoms with Crippen LogP contribution in [0, 0.1) is 13.8 Å². The summed E-state index contributed by atoms with van der Waals surface area (Å²) in [5.41, 5.74) is 4.53. The molecule has 0 atom stereocenters. The summed E-state index contributed by atoms with van der Waals surface area (Å²) in [7, 11) is 0. The maximum Gasteiger partial charge on any atom is 0.228 e. The molecule has 1 aromatic heterocycles. The van der Waals surface area contributed by atoms with Gasteiger partial charge in [0, 0.05) is 16.6 Å². The van der Waals surface area contributed by atoms with E-state index in [4.69, 9.17) is 27.6 Å². The summed E-state index contributed by atoms with van der Waals surface area (Å²) in [5, 5.41) is 4.68. The number of hydrogen-bond acceptors (Lipinski definition) is 2. The molecule has 2 aromatic carbocycles. The average molecular weight is 348 g/mol. The summed E-state index contributed by atoms with van der Waals surface area (Å²) in [6.45, 7) is 4.04. The zero-order chi connectivity index (χ0) is 16.6. The van der Waals surface area contributed by atoms with Crippen molar-refractivity contribution < 1.29 is 9.21 Å². The Bertz CT molecular complexity index is 899. The first-order valence-electron chi connectivity index (χ1n) is 7.16. The molecule has 3 rings (SSSR count). The molecule has 0 aliphatic rings. The molecule has 0 spiro atoms. The van der Waals surface area contributed by atoms with Gasteiger partial charge < -0.3 is 9.73 Å². The number of furan rings is 1. The van der Waals surface area contributed by atoms with Crippen molar-refractivity contribution in [3.63, 3.8) is 0 Å². The van der Waals surface area contributed by atoms with Gasteiger partial charge in [0.1, 0.15) is 5.58 Å². The van der Waals surface area contributed by atoms with E-state index in [1.54, 1.807) is 24.5 Å². The molecular formula is C18H15Cl2NO2. The highest BCUT2D eigenvalue weighted by Gasteiger charge is 2.13. The molecule has 23 heavy (non-hydrogen) atoms. The van der Waals surface area contributed by atoms with Crippen molar-refractivity contribution in [1.29, 1.82) is 0 Å². The van der Waals surface area contributed by atoms with E-state index >= 15 is 0 Å². The molecule has 3 aromatic rings. The van der Waals surface area contributed by atoms with Crippen LogP contribution in [0.4, 0.5) is 5.69 Å². The summed E-state index contributed by atoms with van der Waals surface area (Å²) in [4.78, 5) is 12.3. The SMILES string of the molecule is Cc1cc(C)c2c(CC(=O)Nc3ccc(Cl)c(Cl)c3)coc2c1. The minimum atomic E-state index is -0.133. The molecule has 0 saturated heterocycles. The molecule has 0 radical (unpaired) electrons. The molecule has 3 nitrogen and oxygen atoms in total. The Morgan fingerprint density at radius 1 is 1.13 bits per heavy atom. The van der Waals surface area contributed by atoms with Crippen LogP contribution in [-0.4, -0.2) is 5.91 Å². The second kappa shape index (κ2) is 6.26. The summed E-state index contributed by atoms with van der Waals surface area (Å²) in [5.74, 6) is -0.133. The smallest absolute Gasteiger partial charge is 0.228 e. The zero-order valence-electron chi connectivity index (χ0n) is 12.7. The van der Waals surface area contributed by atoms with E-state index in [0.29, 0.717) is 15.7 Å². The van der Waals surface area contributed by atoms with Crippen LogP contribution in [0.2, 0.25) is 10.0 Å². The first kappa shape index (κ1) is 15.9. The van der Waals surface area contributed by atoms with Gasteiger partial charge in [0.05, 0.1) is 22.7 Å². The van der Waals surface area contributed by atoms with Crippen molar-refractivity contribution >= 4 is 45.8 Å². The third-order valence-electron chi connectivity index (χ3n) is 3.65. The minimum absolute atomic E-state index is 0.133. The lowest BCUT2D eigenvalue weighted by Gasteiger charge is -2.06. The Labute approximate surface area is 144 Å². The molecule has 0 aliphatic heterocycles. The Kier molecular flexibility index (Phi) is 4.33. The number of carbonyl (C=O) groups is 1. The largest absolute Gasteiger partial charge is 0.464 e. The number of hydrogen-bond donors (Lipinski definition) is 1. The van der Waals surface area contributed by atoms with E-state index in [2.05, 4.69) is 11.4 Å². The van der Waals surface area contributed by atoms with E-state index in [1.165, 1.54) is 0 Å². The predicted octanol–water partition coefficient (Wildman–Crippen LogP) is 5.54. The van der Waals surface area contributed by atoms with Crippen molar-refractivity contribution in [2.24, 2.45) is 0 Å². The molecule has 0 unspecified atom stereocenters. The molecule has 5 heteroatoms. The molecule has 0 saturated carbocycles. The third-order valence-corrected chi connectivity index (χ3v) is 4.39. The Hall–Kier alpha value is -1.97. The topological polar surface area (TPSA) is 42.2 Å². The van der Waals surface area contributed by atoms with Gasteiger partial charge in [-0.1, -0.05) is 29.3 Å². The van der Waals surface area contributed by atoms with Gasteiger partial charge in [0.25, 0.3) is 0 Å². The van der Waals surface area contributed by atoms with Crippen LogP contribution in [0.25, 0.3) is 11.0 Å². The van der Waals surface area contributed by atoms with Crippen LogP contribution < -0.4 is 5.32 Å². The molecule has 1 amide bonds.